The number of sulfonamides is 1. The standard InChI is InChI=1S/C24H30F2N6O5S2/c1-39(36,37)31-11-8-19(9-12-31)29-24-27-14-18-13-20(21(25)26)23(33)32(22(18)30-24)15-17-6-4-16(5-7-17)3-2-10-28-38(34)35/h4-7,13-14,19,21,28H,2-3,8-12,15H2,1H3,(H,34,35)(H,27,29,30)/p-1. The lowest BCUT2D eigenvalue weighted by Crippen LogP contribution is -2.42. The van der Waals surface area contributed by atoms with E-state index in [4.69, 9.17) is 0 Å². The van der Waals surface area contributed by atoms with Crippen molar-refractivity contribution in [1.82, 2.24) is 23.6 Å². The van der Waals surface area contributed by atoms with Crippen LogP contribution in [0.15, 0.2) is 41.3 Å². The van der Waals surface area contributed by atoms with Crippen molar-refractivity contribution in [2.45, 2.75) is 44.7 Å². The average molecular weight is 584 g/mol. The van der Waals surface area contributed by atoms with Gasteiger partial charge in [-0.05, 0) is 42.9 Å². The fourth-order valence-electron chi connectivity index (χ4n) is 4.51. The van der Waals surface area contributed by atoms with Gasteiger partial charge in [0.05, 0.1) is 18.4 Å². The van der Waals surface area contributed by atoms with Crippen molar-refractivity contribution < 1.29 is 26.0 Å². The van der Waals surface area contributed by atoms with Crippen LogP contribution in [0.3, 0.4) is 0 Å². The van der Waals surface area contributed by atoms with Crippen LogP contribution in [0.5, 0.6) is 0 Å². The average Bonchev–Trinajstić information content (AvgIpc) is 2.88. The van der Waals surface area contributed by atoms with E-state index in [-0.39, 0.29) is 24.2 Å². The number of piperidine rings is 1. The quantitative estimate of drug-likeness (QED) is 0.257. The second kappa shape index (κ2) is 12.6. The van der Waals surface area contributed by atoms with E-state index < -0.39 is 38.8 Å². The van der Waals surface area contributed by atoms with E-state index in [1.54, 1.807) is 12.1 Å². The van der Waals surface area contributed by atoms with Crippen molar-refractivity contribution in [3.05, 3.63) is 63.6 Å². The normalized spacial score (nSPS) is 16.1. The SMILES string of the molecule is CS(=O)(=O)N1CCC(Nc2ncc3cc(C(F)F)c(=O)n(Cc4ccc(CCCNS(=O)[O-])cc4)c3n2)CC1. The first-order valence-electron chi connectivity index (χ1n) is 12.3. The highest BCUT2D eigenvalue weighted by molar-refractivity contribution is 7.88. The molecular formula is C24H29F2N6O5S2-. The summed E-state index contributed by atoms with van der Waals surface area (Å²) in [5.74, 6) is 0.223. The van der Waals surface area contributed by atoms with Crippen molar-refractivity contribution in [1.29, 1.82) is 0 Å². The highest BCUT2D eigenvalue weighted by Gasteiger charge is 2.25. The summed E-state index contributed by atoms with van der Waals surface area (Å²) in [6.07, 6.45) is 1.93. The maximum absolute atomic E-state index is 13.7. The summed E-state index contributed by atoms with van der Waals surface area (Å²) >= 11 is -2.30. The van der Waals surface area contributed by atoms with Crippen LogP contribution >= 0.6 is 0 Å². The zero-order valence-electron chi connectivity index (χ0n) is 21.2. The molecule has 1 atom stereocenters. The molecule has 0 spiro atoms. The Morgan fingerprint density at radius 2 is 1.85 bits per heavy atom. The van der Waals surface area contributed by atoms with E-state index in [0.29, 0.717) is 56.3 Å². The van der Waals surface area contributed by atoms with Crippen molar-refractivity contribution in [2.75, 3.05) is 31.2 Å². The van der Waals surface area contributed by atoms with Gasteiger partial charge in [0, 0.05) is 48.5 Å². The Kier molecular flexibility index (Phi) is 9.38. The molecule has 0 radical (unpaired) electrons. The van der Waals surface area contributed by atoms with Crippen molar-refractivity contribution in [3.63, 3.8) is 0 Å². The molecule has 1 aliphatic rings. The zero-order chi connectivity index (χ0) is 28.2. The molecule has 1 aliphatic heterocycles. The lowest BCUT2D eigenvalue weighted by atomic mass is 10.1. The third-order valence-corrected chi connectivity index (χ3v) is 8.31. The Morgan fingerprint density at radius 3 is 2.46 bits per heavy atom. The number of alkyl halides is 2. The van der Waals surface area contributed by atoms with Gasteiger partial charge in [-0.15, -0.1) is 0 Å². The van der Waals surface area contributed by atoms with Gasteiger partial charge < -0.3 is 9.87 Å². The maximum atomic E-state index is 13.7. The molecule has 3 heterocycles. The highest BCUT2D eigenvalue weighted by atomic mass is 32.2. The number of anilines is 1. The number of pyridine rings is 1. The Bertz CT molecular complexity index is 1490. The summed E-state index contributed by atoms with van der Waals surface area (Å²) < 4.78 is 76.9. The van der Waals surface area contributed by atoms with Gasteiger partial charge in [0.1, 0.15) is 5.65 Å². The monoisotopic (exact) mass is 583 g/mol. The van der Waals surface area contributed by atoms with Gasteiger partial charge >= 0.3 is 0 Å². The maximum Gasteiger partial charge on any atom is 0.269 e. The fourth-order valence-corrected chi connectivity index (χ4v) is 5.70. The molecule has 3 aromatic rings. The Morgan fingerprint density at radius 1 is 1.18 bits per heavy atom. The molecule has 212 valence electrons. The number of nitrogens with zero attached hydrogens (tertiary/aromatic N) is 4. The van der Waals surface area contributed by atoms with E-state index in [1.807, 2.05) is 12.1 Å². The number of aromatic nitrogens is 3. The van der Waals surface area contributed by atoms with Gasteiger partial charge in [-0.25, -0.2) is 31.2 Å². The summed E-state index contributed by atoms with van der Waals surface area (Å²) in [4.78, 5) is 21.8. The van der Waals surface area contributed by atoms with Crippen LogP contribution < -0.4 is 15.6 Å². The van der Waals surface area contributed by atoms with Gasteiger partial charge in [-0.1, -0.05) is 24.3 Å². The molecule has 0 amide bonds. The van der Waals surface area contributed by atoms with E-state index >= 15 is 0 Å². The molecule has 15 heteroatoms. The van der Waals surface area contributed by atoms with Gasteiger partial charge in [0.25, 0.3) is 12.0 Å². The molecule has 0 aliphatic carbocycles. The molecule has 11 nitrogen and oxygen atoms in total. The van der Waals surface area contributed by atoms with Crippen LogP contribution in [0.25, 0.3) is 11.0 Å². The number of rotatable bonds is 11. The summed E-state index contributed by atoms with van der Waals surface area (Å²) in [6, 6.07) is 8.29. The summed E-state index contributed by atoms with van der Waals surface area (Å²) in [6.45, 7) is 1.04. The van der Waals surface area contributed by atoms with Crippen LogP contribution in [0.1, 0.15) is 42.4 Å². The molecule has 2 N–H and O–H groups in total. The highest BCUT2D eigenvalue weighted by Crippen LogP contribution is 2.22. The third kappa shape index (κ3) is 7.63. The molecule has 1 unspecified atom stereocenters. The lowest BCUT2D eigenvalue weighted by molar-refractivity contribution is 0.149. The third-order valence-electron chi connectivity index (χ3n) is 6.57. The van der Waals surface area contributed by atoms with Gasteiger partial charge in [-0.3, -0.25) is 13.6 Å². The largest absolute Gasteiger partial charge is 0.760 e. The Hall–Kier alpha value is -2.85. The molecule has 2 aromatic heterocycles. The predicted octanol–water partition coefficient (Wildman–Crippen LogP) is 1.93. The summed E-state index contributed by atoms with van der Waals surface area (Å²) in [5, 5.41) is 3.47. The molecule has 39 heavy (non-hydrogen) atoms. The molecule has 0 saturated carbocycles. The topological polar surface area (TPSA) is 149 Å². The summed E-state index contributed by atoms with van der Waals surface area (Å²) in [5.41, 5.74) is 0.389. The number of halogens is 2. The first-order valence-corrected chi connectivity index (χ1v) is 15.2. The minimum atomic E-state index is -3.26. The lowest BCUT2D eigenvalue weighted by Gasteiger charge is -2.30. The molecule has 1 aromatic carbocycles. The van der Waals surface area contributed by atoms with Crippen LogP contribution in [0, 0.1) is 0 Å². The van der Waals surface area contributed by atoms with Crippen molar-refractivity contribution in [3.8, 4) is 0 Å². The van der Waals surface area contributed by atoms with Gasteiger partial charge in [0.15, 0.2) is 0 Å². The molecule has 0 bridgehead atoms. The van der Waals surface area contributed by atoms with Crippen LogP contribution in [0.4, 0.5) is 14.7 Å². The predicted molar refractivity (Wildman–Crippen MR) is 143 cm³/mol. The summed E-state index contributed by atoms with van der Waals surface area (Å²) in [7, 11) is -3.26. The minimum absolute atomic E-state index is 0.0100. The number of fused-ring (bicyclic) bond motifs is 1. The molecule has 1 fully saturated rings. The van der Waals surface area contributed by atoms with Crippen molar-refractivity contribution >= 4 is 38.3 Å². The van der Waals surface area contributed by atoms with E-state index in [0.717, 1.165) is 11.6 Å². The van der Waals surface area contributed by atoms with Gasteiger partial charge in [-0.2, -0.15) is 4.98 Å². The number of hydrogen-bond donors (Lipinski definition) is 2. The Balaban J connectivity index is 1.55. The van der Waals surface area contributed by atoms with E-state index in [9.17, 15) is 30.8 Å². The fraction of sp³-hybridized carbons (Fsp3) is 0.458. The van der Waals surface area contributed by atoms with Crippen LogP contribution in [-0.2, 0) is 34.3 Å². The number of benzene rings is 1. The smallest absolute Gasteiger partial charge is 0.269 e. The molecular weight excluding hydrogens is 554 g/mol. The van der Waals surface area contributed by atoms with E-state index in [1.165, 1.54) is 21.3 Å². The first kappa shape index (κ1) is 29.1. The Labute approximate surface area is 227 Å². The molecule has 4 rings (SSSR count). The second-order valence-electron chi connectivity index (χ2n) is 9.39. The van der Waals surface area contributed by atoms with Crippen LogP contribution in [-0.4, -0.2) is 68.0 Å². The number of aryl methyl sites for hydroxylation is 1. The van der Waals surface area contributed by atoms with Crippen molar-refractivity contribution in [2.24, 2.45) is 0 Å². The minimum Gasteiger partial charge on any atom is -0.760 e. The zero-order valence-corrected chi connectivity index (χ0v) is 22.8. The second-order valence-corrected chi connectivity index (χ2v) is 12.1. The first-order chi connectivity index (χ1) is 18.5. The van der Waals surface area contributed by atoms with Crippen LogP contribution in [0.2, 0.25) is 0 Å². The van der Waals surface area contributed by atoms with Gasteiger partial charge in [0.2, 0.25) is 16.0 Å². The molecule has 1 saturated heterocycles. The number of nitrogens with one attached hydrogen (secondary N) is 2. The van der Waals surface area contributed by atoms with E-state index in [2.05, 4.69) is 20.0 Å². The number of hydrogen-bond acceptors (Lipinski definition) is 8.